The number of nitrogens with one attached hydrogen (secondary N) is 1. The maximum absolute atomic E-state index is 13.5. The fourth-order valence-corrected chi connectivity index (χ4v) is 2.86. The van der Waals surface area contributed by atoms with Crippen LogP contribution in [-0.4, -0.2) is 37.0 Å². The summed E-state index contributed by atoms with van der Waals surface area (Å²) in [6.07, 6.45) is 5.06. The molecule has 1 aromatic rings. The Morgan fingerprint density at radius 1 is 1.45 bits per heavy atom. The third-order valence-electron chi connectivity index (χ3n) is 3.89. The number of nitrogens with zero attached hydrogens (tertiary/aromatic N) is 1. The maximum atomic E-state index is 13.5. The van der Waals surface area contributed by atoms with Gasteiger partial charge in [0.15, 0.2) is 0 Å². The number of halogens is 1. The van der Waals surface area contributed by atoms with E-state index in [1.54, 1.807) is 0 Å². The SMILES string of the molecule is CN(CCNC(=O)c1cc(S)ccc1F)C1CCCC1. The lowest BCUT2D eigenvalue weighted by molar-refractivity contribution is 0.0943. The van der Waals surface area contributed by atoms with Crippen LogP contribution in [0.25, 0.3) is 0 Å². The molecule has 0 unspecified atom stereocenters. The molecule has 1 N–H and O–H groups in total. The van der Waals surface area contributed by atoms with Crippen molar-refractivity contribution in [2.24, 2.45) is 0 Å². The molecule has 2 rings (SSSR count). The lowest BCUT2D eigenvalue weighted by atomic mass is 10.2. The molecule has 0 bridgehead atoms. The Hall–Kier alpha value is -1.07. The van der Waals surface area contributed by atoms with Crippen LogP contribution in [0.5, 0.6) is 0 Å². The second-order valence-corrected chi connectivity index (χ2v) is 5.86. The van der Waals surface area contributed by atoms with Gasteiger partial charge in [0.2, 0.25) is 0 Å². The first kappa shape index (κ1) is 15.3. The number of amides is 1. The number of thiol groups is 1. The van der Waals surface area contributed by atoms with E-state index in [0.717, 1.165) is 6.54 Å². The number of likely N-dealkylation sites (N-methyl/N-ethyl adjacent to an activating group) is 1. The average Bonchev–Trinajstić information content (AvgIpc) is 2.95. The molecule has 1 saturated carbocycles. The zero-order valence-electron chi connectivity index (χ0n) is 11.7. The highest BCUT2D eigenvalue weighted by Gasteiger charge is 2.19. The van der Waals surface area contributed by atoms with Gasteiger partial charge in [0.25, 0.3) is 5.91 Å². The molecule has 0 aromatic heterocycles. The first-order chi connectivity index (χ1) is 9.58. The van der Waals surface area contributed by atoms with Gasteiger partial charge in [0.1, 0.15) is 5.82 Å². The number of carbonyl (C=O) groups is 1. The normalized spacial score (nSPS) is 15.8. The van der Waals surface area contributed by atoms with Crippen LogP contribution in [0.2, 0.25) is 0 Å². The van der Waals surface area contributed by atoms with Gasteiger partial charge < -0.3 is 10.2 Å². The summed E-state index contributed by atoms with van der Waals surface area (Å²) in [6, 6.07) is 4.88. The molecule has 0 spiro atoms. The van der Waals surface area contributed by atoms with Crippen LogP contribution in [0.1, 0.15) is 36.0 Å². The molecule has 3 nitrogen and oxygen atoms in total. The molecule has 1 aromatic carbocycles. The maximum Gasteiger partial charge on any atom is 0.254 e. The van der Waals surface area contributed by atoms with Crippen molar-refractivity contribution in [2.75, 3.05) is 20.1 Å². The Morgan fingerprint density at radius 3 is 2.85 bits per heavy atom. The van der Waals surface area contributed by atoms with Crippen molar-refractivity contribution < 1.29 is 9.18 Å². The van der Waals surface area contributed by atoms with Gasteiger partial charge >= 0.3 is 0 Å². The molecule has 0 atom stereocenters. The summed E-state index contributed by atoms with van der Waals surface area (Å²) in [6.45, 7) is 1.32. The van der Waals surface area contributed by atoms with Crippen molar-refractivity contribution >= 4 is 18.5 Å². The van der Waals surface area contributed by atoms with E-state index in [4.69, 9.17) is 0 Å². The van der Waals surface area contributed by atoms with Gasteiger partial charge in [-0.1, -0.05) is 12.8 Å². The van der Waals surface area contributed by atoms with Crippen LogP contribution < -0.4 is 5.32 Å². The zero-order valence-corrected chi connectivity index (χ0v) is 12.6. The summed E-state index contributed by atoms with van der Waals surface area (Å²) < 4.78 is 13.5. The fourth-order valence-electron chi connectivity index (χ4n) is 2.66. The first-order valence-corrected chi connectivity index (χ1v) is 7.49. The Kier molecular flexibility index (Phi) is 5.43. The summed E-state index contributed by atoms with van der Waals surface area (Å²) in [5, 5.41) is 2.77. The second kappa shape index (κ2) is 7.09. The highest BCUT2D eigenvalue weighted by Crippen LogP contribution is 2.21. The van der Waals surface area contributed by atoms with Gasteiger partial charge in [0.05, 0.1) is 5.56 Å². The Labute approximate surface area is 125 Å². The lowest BCUT2D eigenvalue weighted by Gasteiger charge is -2.23. The molecule has 110 valence electrons. The first-order valence-electron chi connectivity index (χ1n) is 7.05. The third kappa shape index (κ3) is 3.96. The number of hydrogen-bond acceptors (Lipinski definition) is 3. The predicted octanol–water partition coefficient (Wildman–Crippen LogP) is 2.72. The second-order valence-electron chi connectivity index (χ2n) is 5.34. The van der Waals surface area contributed by atoms with E-state index in [-0.39, 0.29) is 11.5 Å². The quantitative estimate of drug-likeness (QED) is 0.819. The molecule has 1 fully saturated rings. The van der Waals surface area contributed by atoms with Crippen LogP contribution in [0.4, 0.5) is 4.39 Å². The van der Waals surface area contributed by atoms with E-state index in [1.165, 1.54) is 43.9 Å². The van der Waals surface area contributed by atoms with Gasteiger partial charge in [-0.15, -0.1) is 12.6 Å². The number of benzene rings is 1. The minimum atomic E-state index is -0.510. The van der Waals surface area contributed by atoms with E-state index in [1.807, 2.05) is 0 Å². The van der Waals surface area contributed by atoms with E-state index in [2.05, 4.69) is 29.9 Å². The van der Waals surface area contributed by atoms with Gasteiger partial charge in [-0.25, -0.2) is 4.39 Å². The molecule has 1 amide bonds. The van der Waals surface area contributed by atoms with Crippen molar-refractivity contribution in [2.45, 2.75) is 36.6 Å². The Balaban J connectivity index is 1.81. The van der Waals surface area contributed by atoms with Crippen molar-refractivity contribution in [3.8, 4) is 0 Å². The summed E-state index contributed by atoms with van der Waals surface area (Å²) in [4.78, 5) is 14.8. The molecule has 20 heavy (non-hydrogen) atoms. The standard InChI is InChI=1S/C15H21FN2OS/c1-18(11-4-2-3-5-11)9-8-17-15(19)13-10-12(20)6-7-14(13)16/h6-7,10-11,20H,2-5,8-9H2,1H3,(H,17,19). The molecule has 0 aliphatic heterocycles. The molecule has 1 aliphatic carbocycles. The highest BCUT2D eigenvalue weighted by atomic mass is 32.1. The van der Waals surface area contributed by atoms with Crippen LogP contribution in [0.3, 0.4) is 0 Å². The largest absolute Gasteiger partial charge is 0.351 e. The Bertz CT molecular complexity index is 475. The molecule has 0 saturated heterocycles. The highest BCUT2D eigenvalue weighted by molar-refractivity contribution is 7.80. The van der Waals surface area contributed by atoms with Crippen LogP contribution in [0, 0.1) is 5.82 Å². The molecule has 0 heterocycles. The van der Waals surface area contributed by atoms with Gasteiger partial charge in [-0.3, -0.25) is 4.79 Å². The third-order valence-corrected chi connectivity index (χ3v) is 4.17. The Morgan fingerprint density at radius 2 is 2.15 bits per heavy atom. The topological polar surface area (TPSA) is 32.3 Å². The molecular weight excluding hydrogens is 275 g/mol. The molecule has 0 radical (unpaired) electrons. The molecule has 1 aliphatic rings. The predicted molar refractivity (Wildman–Crippen MR) is 80.9 cm³/mol. The molecule has 5 heteroatoms. The van der Waals surface area contributed by atoms with Gasteiger partial charge in [0, 0.05) is 24.0 Å². The average molecular weight is 296 g/mol. The van der Waals surface area contributed by atoms with Gasteiger partial charge in [-0.2, -0.15) is 0 Å². The van der Waals surface area contributed by atoms with Crippen LogP contribution in [0.15, 0.2) is 23.1 Å². The lowest BCUT2D eigenvalue weighted by Crippen LogP contribution is -2.37. The molecular formula is C15H21FN2OS. The van der Waals surface area contributed by atoms with Crippen molar-refractivity contribution in [3.05, 3.63) is 29.6 Å². The van der Waals surface area contributed by atoms with E-state index in [9.17, 15) is 9.18 Å². The summed E-state index contributed by atoms with van der Waals surface area (Å²) >= 11 is 4.12. The number of rotatable bonds is 5. The van der Waals surface area contributed by atoms with Crippen LogP contribution >= 0.6 is 12.6 Å². The summed E-state index contributed by atoms with van der Waals surface area (Å²) in [5.74, 6) is -0.886. The van der Waals surface area contributed by atoms with E-state index >= 15 is 0 Å². The van der Waals surface area contributed by atoms with Crippen molar-refractivity contribution in [3.63, 3.8) is 0 Å². The van der Waals surface area contributed by atoms with E-state index in [0.29, 0.717) is 17.5 Å². The fraction of sp³-hybridized carbons (Fsp3) is 0.533. The van der Waals surface area contributed by atoms with Crippen LogP contribution in [-0.2, 0) is 0 Å². The smallest absolute Gasteiger partial charge is 0.254 e. The van der Waals surface area contributed by atoms with Gasteiger partial charge in [-0.05, 0) is 38.1 Å². The van der Waals surface area contributed by atoms with E-state index < -0.39 is 5.82 Å². The minimum absolute atomic E-state index is 0.0565. The van der Waals surface area contributed by atoms with Crippen molar-refractivity contribution in [1.29, 1.82) is 0 Å². The summed E-state index contributed by atoms with van der Waals surface area (Å²) in [7, 11) is 2.08. The summed E-state index contributed by atoms with van der Waals surface area (Å²) in [5.41, 5.74) is 0.0565. The number of hydrogen-bond donors (Lipinski definition) is 2. The minimum Gasteiger partial charge on any atom is -0.351 e. The van der Waals surface area contributed by atoms with Crippen molar-refractivity contribution in [1.82, 2.24) is 10.2 Å². The monoisotopic (exact) mass is 296 g/mol. The number of carbonyl (C=O) groups excluding carboxylic acids is 1. The zero-order chi connectivity index (χ0) is 14.5.